The number of hydrogen-bond donors (Lipinski definition) is 2. The highest BCUT2D eigenvalue weighted by atomic mass is 35.5. The summed E-state index contributed by atoms with van der Waals surface area (Å²) in [5.41, 5.74) is 5.84. The van der Waals surface area contributed by atoms with Crippen LogP contribution in [0.4, 0.5) is 0 Å². The van der Waals surface area contributed by atoms with Crippen molar-refractivity contribution in [3.8, 4) is 0 Å². The minimum Gasteiger partial charge on any atom is -0.466 e. The van der Waals surface area contributed by atoms with Gasteiger partial charge >= 0.3 is 5.97 Å². The van der Waals surface area contributed by atoms with Gasteiger partial charge in [0.2, 0.25) is 10.0 Å². The number of esters is 1. The van der Waals surface area contributed by atoms with Crippen LogP contribution in [0.3, 0.4) is 0 Å². The molecule has 0 saturated carbocycles. The monoisotopic (exact) mass is 496 g/mol. The van der Waals surface area contributed by atoms with Gasteiger partial charge in [0.05, 0.1) is 12.5 Å². The Morgan fingerprint density at radius 1 is 1.21 bits per heavy atom. The number of carbonyl (C=O) groups is 2. The van der Waals surface area contributed by atoms with Gasteiger partial charge in [-0.15, -0.1) is 0 Å². The highest BCUT2D eigenvalue weighted by Gasteiger charge is 2.37. The molecule has 11 heteroatoms. The van der Waals surface area contributed by atoms with E-state index in [0.717, 1.165) is 19.4 Å². The number of nitrogens with zero attached hydrogens (tertiary/aromatic N) is 2. The molecule has 4 rings (SSSR count). The lowest BCUT2D eigenvalue weighted by molar-refractivity contribution is -0.150. The molecule has 33 heavy (non-hydrogen) atoms. The van der Waals surface area contributed by atoms with E-state index in [2.05, 4.69) is 9.88 Å². The molecule has 180 valence electrons. The normalized spacial score (nSPS) is 21.3. The van der Waals surface area contributed by atoms with Crippen molar-refractivity contribution in [3.63, 3.8) is 0 Å². The lowest BCUT2D eigenvalue weighted by Gasteiger charge is -2.41. The minimum atomic E-state index is -3.97. The van der Waals surface area contributed by atoms with Crippen LogP contribution in [0.2, 0.25) is 5.02 Å². The molecule has 2 aliphatic heterocycles. The second kappa shape index (κ2) is 9.61. The van der Waals surface area contributed by atoms with Gasteiger partial charge in [0.15, 0.2) is 0 Å². The third-order valence-corrected chi connectivity index (χ3v) is 8.79. The number of sulfonamides is 1. The predicted octanol–water partition coefficient (Wildman–Crippen LogP) is 2.35. The zero-order valence-corrected chi connectivity index (χ0v) is 20.1. The Morgan fingerprint density at radius 2 is 1.94 bits per heavy atom. The van der Waals surface area contributed by atoms with Crippen LogP contribution in [0, 0.1) is 5.92 Å². The zero-order chi connectivity index (χ0) is 23.8. The number of rotatable bonds is 6. The van der Waals surface area contributed by atoms with E-state index in [1.54, 1.807) is 19.1 Å². The Balaban J connectivity index is 1.51. The number of ether oxygens (including phenoxy) is 1. The summed E-state index contributed by atoms with van der Waals surface area (Å²) in [5.74, 6) is -1.12. The van der Waals surface area contributed by atoms with Crippen molar-refractivity contribution in [1.82, 2.24) is 14.2 Å². The molecule has 9 nitrogen and oxygen atoms in total. The number of hydrogen-bond acceptors (Lipinski definition) is 6. The van der Waals surface area contributed by atoms with E-state index in [1.165, 1.54) is 10.4 Å². The number of carbonyl (C=O) groups excluding carboxylic acids is 2. The second-order valence-electron chi connectivity index (χ2n) is 8.60. The summed E-state index contributed by atoms with van der Waals surface area (Å²) in [5, 5.41) is 0.723. The fraction of sp³-hybridized carbons (Fsp3) is 0.545. The number of benzene rings is 1. The Kier molecular flexibility index (Phi) is 6.99. The largest absolute Gasteiger partial charge is 0.466 e. The van der Waals surface area contributed by atoms with Crippen molar-refractivity contribution in [2.24, 2.45) is 11.7 Å². The molecule has 1 aromatic carbocycles. The highest BCUT2D eigenvalue weighted by molar-refractivity contribution is 7.89. The number of primary amides is 1. The average molecular weight is 497 g/mol. The van der Waals surface area contributed by atoms with Crippen molar-refractivity contribution in [2.45, 2.75) is 43.5 Å². The fourth-order valence-electron chi connectivity index (χ4n) is 4.95. The van der Waals surface area contributed by atoms with Gasteiger partial charge in [0.1, 0.15) is 10.6 Å². The molecule has 3 N–H and O–H groups in total. The Hall–Kier alpha value is -2.14. The van der Waals surface area contributed by atoms with Crippen molar-refractivity contribution in [1.29, 1.82) is 0 Å². The van der Waals surface area contributed by atoms with Gasteiger partial charge in [-0.05, 0) is 57.4 Å². The lowest BCUT2D eigenvalue weighted by atomic mass is 9.94. The van der Waals surface area contributed by atoms with E-state index < -0.39 is 15.9 Å². The molecule has 1 aromatic heterocycles. The fourth-order valence-corrected chi connectivity index (χ4v) is 6.93. The maximum Gasteiger partial charge on any atom is 0.310 e. The number of amides is 1. The summed E-state index contributed by atoms with van der Waals surface area (Å²) < 4.78 is 33.8. The molecular formula is C22H29ClN4O5S. The first kappa shape index (κ1) is 24.0. The first-order chi connectivity index (χ1) is 15.7. The molecule has 0 aliphatic carbocycles. The predicted molar refractivity (Wildman–Crippen MR) is 125 cm³/mol. The van der Waals surface area contributed by atoms with Gasteiger partial charge in [-0.1, -0.05) is 11.6 Å². The molecule has 2 aliphatic rings. The number of aromatic amines is 1. The quantitative estimate of drug-likeness (QED) is 0.591. The van der Waals surface area contributed by atoms with Crippen LogP contribution in [0.1, 0.15) is 43.1 Å². The molecule has 1 amide bonds. The molecule has 0 radical (unpaired) electrons. The summed E-state index contributed by atoms with van der Waals surface area (Å²) in [6, 6.07) is 4.98. The maximum absolute atomic E-state index is 13.6. The van der Waals surface area contributed by atoms with Crippen LogP contribution in [0.25, 0.3) is 10.9 Å². The lowest BCUT2D eigenvalue weighted by Crippen LogP contribution is -2.50. The molecule has 2 fully saturated rings. The van der Waals surface area contributed by atoms with Crippen molar-refractivity contribution < 1.29 is 22.7 Å². The topological polar surface area (TPSA) is 126 Å². The van der Waals surface area contributed by atoms with Crippen LogP contribution in [-0.2, 0) is 19.6 Å². The number of fused-ring (bicyclic) bond motifs is 1. The molecular weight excluding hydrogens is 468 g/mol. The average Bonchev–Trinajstić information content (AvgIpc) is 3.19. The molecule has 3 heterocycles. The molecule has 2 aromatic rings. The van der Waals surface area contributed by atoms with Gasteiger partial charge < -0.3 is 15.5 Å². The Labute approximate surface area is 198 Å². The number of likely N-dealkylation sites (tertiary alicyclic amines) is 1. The molecule has 0 bridgehead atoms. The smallest absolute Gasteiger partial charge is 0.310 e. The first-order valence-electron chi connectivity index (χ1n) is 11.2. The molecule has 1 unspecified atom stereocenters. The second-order valence-corrected chi connectivity index (χ2v) is 10.9. The van der Waals surface area contributed by atoms with E-state index in [-0.39, 0.29) is 28.5 Å². The SMILES string of the molecule is CCOC(=O)C1CCCN(C2CCN(S(=O)(=O)c3c(C(N)=O)[nH]c4ccc(Cl)cc34)CC2)C1. The van der Waals surface area contributed by atoms with Crippen molar-refractivity contribution in [2.75, 3.05) is 32.8 Å². The van der Waals surface area contributed by atoms with Gasteiger partial charge in [-0.3, -0.25) is 14.5 Å². The van der Waals surface area contributed by atoms with Gasteiger partial charge in [-0.2, -0.15) is 4.31 Å². The maximum atomic E-state index is 13.6. The van der Waals surface area contributed by atoms with Crippen molar-refractivity contribution in [3.05, 3.63) is 28.9 Å². The summed E-state index contributed by atoms with van der Waals surface area (Å²) in [7, 11) is -3.97. The molecule has 1 atom stereocenters. The summed E-state index contributed by atoms with van der Waals surface area (Å²) in [6.45, 7) is 4.35. The molecule has 0 spiro atoms. The standard InChI is InChI=1S/C22H29ClN4O5S/c1-2-32-22(29)14-4-3-9-26(13-14)16-7-10-27(11-8-16)33(30,31)20-17-12-15(23)5-6-18(17)25-19(20)21(24)28/h5-6,12,14,16,25H,2-4,7-11,13H2,1H3,(H2,24,28). The van der Waals surface area contributed by atoms with Crippen LogP contribution in [-0.4, -0.2) is 73.3 Å². The Morgan fingerprint density at radius 3 is 2.61 bits per heavy atom. The highest BCUT2D eigenvalue weighted by Crippen LogP contribution is 2.33. The number of H-pyrrole nitrogens is 1. The molecule has 2 saturated heterocycles. The minimum absolute atomic E-state index is 0.119. The summed E-state index contributed by atoms with van der Waals surface area (Å²) >= 11 is 6.10. The van der Waals surface area contributed by atoms with Crippen molar-refractivity contribution >= 4 is 44.4 Å². The number of halogens is 1. The number of aromatic nitrogens is 1. The van der Waals surface area contributed by atoms with E-state index in [1.807, 2.05) is 0 Å². The van der Waals surface area contributed by atoms with Crippen LogP contribution < -0.4 is 5.73 Å². The van der Waals surface area contributed by atoms with E-state index >= 15 is 0 Å². The summed E-state index contributed by atoms with van der Waals surface area (Å²) in [4.78, 5) is 29.2. The van der Waals surface area contributed by atoms with E-state index in [4.69, 9.17) is 22.1 Å². The number of nitrogens with two attached hydrogens (primary N) is 1. The van der Waals surface area contributed by atoms with Gasteiger partial charge in [0.25, 0.3) is 5.91 Å². The van der Waals surface area contributed by atoms with Crippen LogP contribution in [0.5, 0.6) is 0 Å². The van der Waals surface area contributed by atoms with E-state index in [0.29, 0.717) is 55.0 Å². The van der Waals surface area contributed by atoms with E-state index in [9.17, 15) is 18.0 Å². The number of piperidine rings is 2. The third kappa shape index (κ3) is 4.75. The Bertz CT molecular complexity index is 1160. The zero-order valence-electron chi connectivity index (χ0n) is 18.5. The number of nitrogens with one attached hydrogen (secondary N) is 1. The van der Waals surface area contributed by atoms with Gasteiger partial charge in [0, 0.05) is 41.6 Å². The summed E-state index contributed by atoms with van der Waals surface area (Å²) in [6.07, 6.45) is 3.02. The first-order valence-corrected chi connectivity index (χ1v) is 13.1. The van der Waals surface area contributed by atoms with Crippen LogP contribution >= 0.6 is 11.6 Å². The van der Waals surface area contributed by atoms with Crippen LogP contribution in [0.15, 0.2) is 23.1 Å². The van der Waals surface area contributed by atoms with Gasteiger partial charge in [-0.25, -0.2) is 8.42 Å². The third-order valence-electron chi connectivity index (χ3n) is 6.57.